The minimum absolute atomic E-state index is 0.423. The highest BCUT2D eigenvalue weighted by Gasteiger charge is 2.15. The van der Waals surface area contributed by atoms with Gasteiger partial charge in [0.2, 0.25) is 5.95 Å². The van der Waals surface area contributed by atoms with Gasteiger partial charge >= 0.3 is 0 Å². The van der Waals surface area contributed by atoms with Gasteiger partial charge in [-0.15, -0.1) is 0 Å². The van der Waals surface area contributed by atoms with Crippen molar-refractivity contribution >= 4 is 51.2 Å². The molecule has 6 heteroatoms. The number of hydrogen-bond acceptors (Lipinski definition) is 3. The number of nitrogen functional groups attached to an aromatic ring is 1. The van der Waals surface area contributed by atoms with Gasteiger partial charge in [0, 0.05) is 14.7 Å². The lowest BCUT2D eigenvalue weighted by Gasteiger charge is -2.13. The molecule has 0 atom stereocenters. The summed E-state index contributed by atoms with van der Waals surface area (Å²) >= 11 is 8.42. The number of halogens is 2. The molecule has 4 nitrogen and oxygen atoms in total. The monoisotopic (exact) mass is 413 g/mol. The van der Waals surface area contributed by atoms with Gasteiger partial charge in [-0.1, -0.05) is 11.6 Å². The fourth-order valence-electron chi connectivity index (χ4n) is 2.31. The number of nitrogens with zero attached hydrogens (tertiary/aromatic N) is 2. The zero-order valence-corrected chi connectivity index (χ0v) is 14.4. The second kappa shape index (κ2) is 5.38. The van der Waals surface area contributed by atoms with Crippen LogP contribution in [0.15, 0.2) is 30.3 Å². The van der Waals surface area contributed by atoms with Crippen molar-refractivity contribution in [1.29, 1.82) is 0 Å². The molecular formula is C15H13ClIN3O. The van der Waals surface area contributed by atoms with E-state index in [1.165, 1.54) is 0 Å². The molecule has 0 saturated heterocycles. The van der Waals surface area contributed by atoms with Crippen molar-refractivity contribution in [2.45, 2.75) is 6.92 Å². The van der Waals surface area contributed by atoms with E-state index in [1.807, 2.05) is 35.8 Å². The molecular weight excluding hydrogens is 401 g/mol. The Morgan fingerprint density at radius 2 is 2.05 bits per heavy atom. The smallest absolute Gasteiger partial charge is 0.206 e. The van der Waals surface area contributed by atoms with Gasteiger partial charge in [0.15, 0.2) is 0 Å². The first kappa shape index (κ1) is 14.5. The molecule has 0 aliphatic carbocycles. The van der Waals surface area contributed by atoms with Gasteiger partial charge in [-0.25, -0.2) is 4.98 Å². The molecule has 3 rings (SSSR count). The Labute approximate surface area is 141 Å². The summed E-state index contributed by atoms with van der Waals surface area (Å²) in [6, 6.07) is 9.78. The summed E-state index contributed by atoms with van der Waals surface area (Å²) in [5.41, 5.74) is 9.69. The predicted octanol–water partition coefficient (Wildman–Crippen LogP) is 4.18. The number of rotatable bonds is 2. The predicted molar refractivity (Wildman–Crippen MR) is 94.5 cm³/mol. The third kappa shape index (κ3) is 2.44. The first-order valence-electron chi connectivity index (χ1n) is 6.29. The molecule has 0 aliphatic rings. The van der Waals surface area contributed by atoms with Crippen molar-refractivity contribution in [2.24, 2.45) is 0 Å². The molecule has 0 fully saturated rings. The SMILES string of the molecule is COc1cc(Cl)c(C)cc1-n1c(N)nc2cc(I)ccc21. The Kier molecular flexibility index (Phi) is 3.71. The van der Waals surface area contributed by atoms with Crippen LogP contribution in [-0.2, 0) is 0 Å². The van der Waals surface area contributed by atoms with Crippen molar-refractivity contribution in [3.63, 3.8) is 0 Å². The Morgan fingerprint density at radius 1 is 1.29 bits per heavy atom. The van der Waals surface area contributed by atoms with E-state index in [0.717, 1.165) is 25.9 Å². The number of nitrogens with two attached hydrogens (primary N) is 1. The Hall–Kier alpha value is -1.47. The standard InChI is InChI=1S/C15H13ClIN3O/c1-8-5-13(14(21-2)7-10(8)16)20-12-4-3-9(17)6-11(12)19-15(20)18/h3-7H,1-2H3,(H2,18,19). The van der Waals surface area contributed by atoms with Gasteiger partial charge in [0.05, 0.1) is 23.8 Å². The lowest BCUT2D eigenvalue weighted by molar-refractivity contribution is 0.413. The number of fused-ring (bicyclic) bond motifs is 1. The van der Waals surface area contributed by atoms with Crippen LogP contribution in [0.5, 0.6) is 5.75 Å². The Balaban J connectivity index is 2.35. The zero-order valence-electron chi connectivity index (χ0n) is 11.5. The van der Waals surface area contributed by atoms with Gasteiger partial charge in [0.25, 0.3) is 0 Å². The van der Waals surface area contributed by atoms with E-state index >= 15 is 0 Å². The number of aromatic nitrogens is 2. The summed E-state index contributed by atoms with van der Waals surface area (Å²) in [6.07, 6.45) is 0. The number of imidazole rings is 1. The third-order valence-electron chi connectivity index (χ3n) is 3.34. The van der Waals surface area contributed by atoms with Gasteiger partial charge in [-0.3, -0.25) is 4.57 Å². The van der Waals surface area contributed by atoms with Crippen molar-refractivity contribution in [3.05, 3.63) is 44.5 Å². The second-order valence-electron chi connectivity index (χ2n) is 4.71. The first-order chi connectivity index (χ1) is 10.0. The molecule has 0 bridgehead atoms. The topological polar surface area (TPSA) is 53.1 Å². The van der Waals surface area contributed by atoms with E-state index in [4.69, 9.17) is 22.1 Å². The first-order valence-corrected chi connectivity index (χ1v) is 7.75. The van der Waals surface area contributed by atoms with Gasteiger partial charge in [-0.2, -0.15) is 0 Å². The molecule has 21 heavy (non-hydrogen) atoms. The van der Waals surface area contributed by atoms with Crippen LogP contribution >= 0.6 is 34.2 Å². The summed E-state index contributed by atoms with van der Waals surface area (Å²) in [4.78, 5) is 4.43. The second-order valence-corrected chi connectivity index (χ2v) is 6.36. The van der Waals surface area contributed by atoms with Crippen LogP contribution in [0.3, 0.4) is 0 Å². The summed E-state index contributed by atoms with van der Waals surface area (Å²) in [5, 5.41) is 0.660. The molecule has 0 unspecified atom stereocenters. The van der Waals surface area contributed by atoms with Crippen LogP contribution < -0.4 is 10.5 Å². The molecule has 1 aromatic heterocycles. The van der Waals surface area contributed by atoms with Crippen molar-refractivity contribution in [1.82, 2.24) is 9.55 Å². The fraction of sp³-hybridized carbons (Fsp3) is 0.133. The van der Waals surface area contributed by atoms with E-state index < -0.39 is 0 Å². The van der Waals surface area contributed by atoms with Gasteiger partial charge < -0.3 is 10.5 Å². The van der Waals surface area contributed by atoms with Crippen LogP contribution in [0.2, 0.25) is 5.02 Å². The van der Waals surface area contributed by atoms with Crippen LogP contribution in [0.1, 0.15) is 5.56 Å². The molecule has 0 spiro atoms. The summed E-state index contributed by atoms with van der Waals surface area (Å²) in [5.74, 6) is 1.09. The highest BCUT2D eigenvalue weighted by atomic mass is 127. The van der Waals surface area contributed by atoms with Crippen LogP contribution in [0.25, 0.3) is 16.7 Å². The highest BCUT2D eigenvalue weighted by Crippen LogP contribution is 2.33. The van der Waals surface area contributed by atoms with E-state index in [0.29, 0.717) is 16.7 Å². The average molecular weight is 414 g/mol. The Bertz CT molecular complexity index is 845. The van der Waals surface area contributed by atoms with Crippen molar-refractivity contribution in [3.8, 4) is 11.4 Å². The number of hydrogen-bond donors (Lipinski definition) is 1. The number of aryl methyl sites for hydroxylation is 1. The highest BCUT2D eigenvalue weighted by molar-refractivity contribution is 14.1. The van der Waals surface area contributed by atoms with E-state index in [-0.39, 0.29) is 0 Å². The minimum Gasteiger partial charge on any atom is -0.495 e. The van der Waals surface area contributed by atoms with Gasteiger partial charge in [-0.05, 0) is 59.3 Å². The van der Waals surface area contributed by atoms with Gasteiger partial charge in [0.1, 0.15) is 5.75 Å². The molecule has 1 heterocycles. The Morgan fingerprint density at radius 3 is 2.76 bits per heavy atom. The lowest BCUT2D eigenvalue weighted by atomic mass is 10.2. The average Bonchev–Trinajstić information content (AvgIpc) is 2.76. The quantitative estimate of drug-likeness (QED) is 0.641. The molecule has 2 aromatic carbocycles. The molecule has 0 amide bonds. The number of anilines is 1. The normalized spacial score (nSPS) is 11.0. The molecule has 0 radical (unpaired) electrons. The molecule has 0 saturated carbocycles. The largest absolute Gasteiger partial charge is 0.495 e. The minimum atomic E-state index is 0.423. The molecule has 3 aromatic rings. The maximum absolute atomic E-state index is 6.17. The molecule has 108 valence electrons. The molecule has 0 aliphatic heterocycles. The fourth-order valence-corrected chi connectivity index (χ4v) is 2.94. The van der Waals surface area contributed by atoms with E-state index in [2.05, 4.69) is 27.6 Å². The van der Waals surface area contributed by atoms with E-state index in [1.54, 1.807) is 13.2 Å². The number of benzene rings is 2. The summed E-state index contributed by atoms with van der Waals surface area (Å²) < 4.78 is 8.44. The third-order valence-corrected chi connectivity index (χ3v) is 4.42. The summed E-state index contributed by atoms with van der Waals surface area (Å²) in [6.45, 7) is 1.95. The maximum atomic E-state index is 6.17. The van der Waals surface area contributed by atoms with Crippen LogP contribution in [-0.4, -0.2) is 16.7 Å². The van der Waals surface area contributed by atoms with E-state index in [9.17, 15) is 0 Å². The molecule has 2 N–H and O–H groups in total. The van der Waals surface area contributed by atoms with Crippen molar-refractivity contribution in [2.75, 3.05) is 12.8 Å². The zero-order chi connectivity index (χ0) is 15.1. The van der Waals surface area contributed by atoms with Crippen LogP contribution in [0, 0.1) is 10.5 Å². The lowest BCUT2D eigenvalue weighted by Crippen LogP contribution is -2.03. The number of methoxy groups -OCH3 is 1. The van der Waals surface area contributed by atoms with Crippen molar-refractivity contribution < 1.29 is 4.74 Å². The number of ether oxygens (including phenoxy) is 1. The summed E-state index contributed by atoms with van der Waals surface area (Å²) in [7, 11) is 1.61. The van der Waals surface area contributed by atoms with Crippen LogP contribution in [0.4, 0.5) is 5.95 Å². The maximum Gasteiger partial charge on any atom is 0.206 e.